The molecule has 0 radical (unpaired) electrons. The van der Waals surface area contributed by atoms with Crippen molar-refractivity contribution >= 4 is 59.2 Å². The molecule has 0 aromatic rings. The fourth-order valence-corrected chi connectivity index (χ4v) is 5.26. The van der Waals surface area contributed by atoms with E-state index in [9.17, 15) is 58.5 Å². The van der Waals surface area contributed by atoms with Crippen molar-refractivity contribution < 1.29 is 63.6 Å². The Labute approximate surface area is 342 Å². The number of hydrogen-bond donors (Lipinski definition) is 14. The van der Waals surface area contributed by atoms with Crippen molar-refractivity contribution in [3.05, 3.63) is 0 Å². The number of carboxylic acid groups (broad SMARTS) is 2. The zero-order valence-electron chi connectivity index (χ0n) is 34.3. The number of carbonyl (C=O) groups excluding carboxylic acids is 7. The minimum absolute atomic E-state index is 0.0591. The lowest BCUT2D eigenvalue weighted by Gasteiger charge is -2.27. The second-order valence-corrected chi connectivity index (χ2v) is 14.8. The van der Waals surface area contributed by atoms with Crippen molar-refractivity contribution in [2.45, 2.75) is 129 Å². The van der Waals surface area contributed by atoms with E-state index in [0.717, 1.165) is 13.8 Å². The third kappa shape index (κ3) is 22.8. The summed E-state index contributed by atoms with van der Waals surface area (Å²) < 4.78 is 0. The van der Waals surface area contributed by atoms with Gasteiger partial charge in [0.1, 0.15) is 30.2 Å². The highest BCUT2D eigenvalue weighted by molar-refractivity contribution is 5.96. The predicted molar refractivity (Wildman–Crippen MR) is 210 cm³/mol. The van der Waals surface area contributed by atoms with Gasteiger partial charge in [-0.2, -0.15) is 0 Å². The summed E-state index contributed by atoms with van der Waals surface area (Å²) in [5.74, 6) is -9.42. The highest BCUT2D eigenvalue weighted by atomic mass is 16.4. The number of aliphatic hydroxyl groups excluding tert-OH is 2. The van der Waals surface area contributed by atoms with Gasteiger partial charge in [0.05, 0.1) is 31.3 Å². The summed E-state index contributed by atoms with van der Waals surface area (Å²) in [4.78, 5) is 117. The van der Waals surface area contributed by atoms with Gasteiger partial charge >= 0.3 is 11.9 Å². The van der Waals surface area contributed by atoms with Gasteiger partial charge in [0, 0.05) is 13.0 Å². The Bertz CT molecular complexity index is 1490. The number of carboxylic acids is 2. The molecule has 0 fully saturated rings. The van der Waals surface area contributed by atoms with Crippen LogP contribution in [0.25, 0.3) is 0 Å². The first-order valence-electron chi connectivity index (χ1n) is 19.0. The quantitative estimate of drug-likeness (QED) is 0.0199. The lowest BCUT2D eigenvalue weighted by atomic mass is 10.0. The minimum Gasteiger partial charge on any atom is -0.481 e. The number of aliphatic hydroxyl groups is 2. The maximum Gasteiger partial charge on any atom is 0.326 e. The summed E-state index contributed by atoms with van der Waals surface area (Å²) >= 11 is 0. The Hall–Kier alpha value is -5.62. The van der Waals surface area contributed by atoms with E-state index < -0.39 is 121 Å². The molecule has 0 heterocycles. The molecule has 0 aliphatic carbocycles. The fraction of sp³-hybridized carbons (Fsp3) is 0.714. The van der Waals surface area contributed by atoms with Crippen molar-refractivity contribution in [2.24, 2.45) is 34.0 Å². The molecule has 17 N–H and O–H groups in total. The van der Waals surface area contributed by atoms with E-state index in [1.165, 1.54) is 0 Å². The molecule has 0 aromatic carbocycles. The highest BCUT2D eigenvalue weighted by Gasteiger charge is 2.34. The van der Waals surface area contributed by atoms with Crippen LogP contribution < -0.4 is 54.4 Å². The molecule has 0 spiro atoms. The molecular formula is C35H63N11O13. The largest absolute Gasteiger partial charge is 0.481 e. The fourth-order valence-electron chi connectivity index (χ4n) is 5.26. The van der Waals surface area contributed by atoms with Gasteiger partial charge in [-0.1, -0.05) is 27.7 Å². The van der Waals surface area contributed by atoms with Crippen molar-refractivity contribution in [1.82, 2.24) is 37.2 Å². The molecule has 24 heteroatoms. The smallest absolute Gasteiger partial charge is 0.326 e. The first-order valence-corrected chi connectivity index (χ1v) is 19.0. The number of carbonyl (C=O) groups is 9. The SMILES string of the molecule is CC(C)C[C@H](NC(=O)CNC(=O)[C@H](CCC(=O)O)NC(=O)[C@@H](N)CC(C)C)C(=O)NCC(=O)N[C@H](C(=O)N[C@H](C(=O)N[C@@H](CCCN=C(N)N)C(=O)O)[C@@H](C)O)[C@@H](C)O. The summed E-state index contributed by atoms with van der Waals surface area (Å²) in [6, 6.07) is -8.43. The standard InChI is InChI=1S/C35H63N11O13/c1-16(2)12-20(36)29(53)43-21(9-10-26(51)52)30(54)40-14-24(49)42-23(13-17(3)4)31(55)41-15-25(50)45-27(18(5)47)33(57)46-28(19(6)48)32(56)44-22(34(58)59)8-7-11-39-35(37)38/h16-23,27-28,47-48H,7-15,36H2,1-6H3,(H,40,54)(H,41,55)(H,42,49)(H,43,53)(H,44,56)(H,45,50)(H,46,57)(H,51,52)(H,58,59)(H4,37,38,39)/t18-,19-,20+,21+,22+,23+,27+,28+/m1/s1. The number of aliphatic carboxylic acids is 2. The average molecular weight is 846 g/mol. The summed E-state index contributed by atoms with van der Waals surface area (Å²) in [7, 11) is 0. The normalized spacial score (nSPS) is 15.1. The average Bonchev–Trinajstić information content (AvgIpc) is 3.11. The lowest BCUT2D eigenvalue weighted by Crippen LogP contribution is -2.61. The van der Waals surface area contributed by atoms with Gasteiger partial charge < -0.3 is 74.8 Å². The number of hydrogen-bond acceptors (Lipinski definition) is 13. The van der Waals surface area contributed by atoms with Crippen molar-refractivity contribution in [2.75, 3.05) is 19.6 Å². The Morgan fingerprint density at radius 1 is 0.576 bits per heavy atom. The Balaban J connectivity index is 5.54. The van der Waals surface area contributed by atoms with Gasteiger partial charge in [-0.25, -0.2) is 4.79 Å². The van der Waals surface area contributed by atoms with Crippen molar-refractivity contribution in [1.29, 1.82) is 0 Å². The van der Waals surface area contributed by atoms with E-state index in [0.29, 0.717) is 6.42 Å². The van der Waals surface area contributed by atoms with Crippen LogP contribution in [0.5, 0.6) is 0 Å². The molecule has 0 unspecified atom stereocenters. The van der Waals surface area contributed by atoms with E-state index in [-0.39, 0.29) is 50.0 Å². The molecule has 0 saturated carbocycles. The molecule has 7 amide bonds. The molecule has 0 aliphatic heterocycles. The minimum atomic E-state index is -1.73. The van der Waals surface area contributed by atoms with E-state index in [1.54, 1.807) is 13.8 Å². The Morgan fingerprint density at radius 2 is 1.05 bits per heavy atom. The van der Waals surface area contributed by atoms with Crippen LogP contribution in [0.3, 0.4) is 0 Å². The molecule has 0 aliphatic rings. The molecule has 24 nitrogen and oxygen atoms in total. The van der Waals surface area contributed by atoms with Gasteiger partial charge in [0.2, 0.25) is 41.4 Å². The van der Waals surface area contributed by atoms with Gasteiger partial charge in [-0.15, -0.1) is 0 Å². The molecular weight excluding hydrogens is 782 g/mol. The third-order valence-corrected chi connectivity index (χ3v) is 8.25. The van der Waals surface area contributed by atoms with Crippen LogP contribution in [0.15, 0.2) is 4.99 Å². The van der Waals surface area contributed by atoms with E-state index in [4.69, 9.17) is 22.3 Å². The maximum absolute atomic E-state index is 13.1. The second kappa shape index (κ2) is 27.1. The first-order chi connectivity index (χ1) is 27.3. The monoisotopic (exact) mass is 845 g/mol. The zero-order chi connectivity index (χ0) is 45.6. The topological polar surface area (TPSA) is 409 Å². The van der Waals surface area contributed by atoms with Crippen LogP contribution in [0.4, 0.5) is 0 Å². The van der Waals surface area contributed by atoms with E-state index >= 15 is 0 Å². The first kappa shape index (κ1) is 53.4. The molecule has 59 heavy (non-hydrogen) atoms. The maximum atomic E-state index is 13.1. The highest BCUT2D eigenvalue weighted by Crippen LogP contribution is 2.07. The number of guanidine groups is 1. The number of aliphatic imine (C=N–C) groups is 1. The molecule has 0 aromatic heterocycles. The molecule has 0 bridgehead atoms. The molecule has 0 rings (SSSR count). The van der Waals surface area contributed by atoms with Crippen molar-refractivity contribution in [3.8, 4) is 0 Å². The number of nitrogens with two attached hydrogens (primary N) is 3. The van der Waals surface area contributed by atoms with Crippen LogP contribution in [0.1, 0.15) is 80.1 Å². The summed E-state index contributed by atoms with van der Waals surface area (Å²) in [6.45, 7) is 8.05. The zero-order valence-corrected chi connectivity index (χ0v) is 34.3. The summed E-state index contributed by atoms with van der Waals surface area (Å²) in [5, 5.41) is 55.2. The van der Waals surface area contributed by atoms with E-state index in [2.05, 4.69) is 42.2 Å². The van der Waals surface area contributed by atoms with E-state index in [1.807, 2.05) is 13.8 Å². The number of amides is 7. The van der Waals surface area contributed by atoms with Crippen LogP contribution in [0.2, 0.25) is 0 Å². The van der Waals surface area contributed by atoms with Gasteiger partial charge in [0.15, 0.2) is 5.96 Å². The van der Waals surface area contributed by atoms with Gasteiger partial charge in [-0.3, -0.25) is 43.3 Å². The Kier molecular flexibility index (Phi) is 24.6. The van der Waals surface area contributed by atoms with Crippen LogP contribution >= 0.6 is 0 Å². The third-order valence-electron chi connectivity index (χ3n) is 8.25. The number of rotatable bonds is 28. The summed E-state index contributed by atoms with van der Waals surface area (Å²) in [6.07, 6.45) is -3.51. The summed E-state index contributed by atoms with van der Waals surface area (Å²) in [5.41, 5.74) is 16.4. The van der Waals surface area contributed by atoms with Gasteiger partial charge in [-0.05, 0) is 57.8 Å². The Morgan fingerprint density at radius 3 is 1.53 bits per heavy atom. The molecule has 8 atom stereocenters. The van der Waals surface area contributed by atoms with Crippen LogP contribution in [-0.4, -0.2) is 148 Å². The van der Waals surface area contributed by atoms with Crippen LogP contribution in [0, 0.1) is 11.8 Å². The molecule has 336 valence electrons. The van der Waals surface area contributed by atoms with Crippen LogP contribution in [-0.2, 0) is 43.2 Å². The number of nitrogens with one attached hydrogen (secondary N) is 7. The van der Waals surface area contributed by atoms with Gasteiger partial charge in [0.25, 0.3) is 0 Å². The lowest BCUT2D eigenvalue weighted by molar-refractivity contribution is -0.143. The van der Waals surface area contributed by atoms with Crippen molar-refractivity contribution in [3.63, 3.8) is 0 Å². The molecule has 0 saturated heterocycles. The number of nitrogens with zero attached hydrogens (tertiary/aromatic N) is 1. The second-order valence-electron chi connectivity index (χ2n) is 14.8. The predicted octanol–water partition coefficient (Wildman–Crippen LogP) is -5.17.